The number of amidine groups is 1. The lowest BCUT2D eigenvalue weighted by atomic mass is 10.1. The first-order valence-corrected chi connectivity index (χ1v) is 9.12. The Morgan fingerprint density at radius 3 is 2.44 bits per heavy atom. The predicted octanol–water partition coefficient (Wildman–Crippen LogP) is 3.78. The van der Waals surface area contributed by atoms with Gasteiger partial charge in [-0.05, 0) is 48.2 Å². The van der Waals surface area contributed by atoms with Gasteiger partial charge in [0.2, 0.25) is 0 Å². The Balaban J connectivity index is 2.01. The molecule has 1 fully saturated rings. The van der Waals surface area contributed by atoms with Gasteiger partial charge in [0.05, 0.1) is 24.8 Å². The van der Waals surface area contributed by atoms with Crippen LogP contribution >= 0.6 is 11.8 Å². The maximum Gasteiger partial charge on any atom is 0.281 e. The molecule has 1 saturated heterocycles. The molecule has 140 valence electrons. The van der Waals surface area contributed by atoms with Crippen LogP contribution in [0.5, 0.6) is 11.5 Å². The molecule has 1 aliphatic rings. The summed E-state index contributed by atoms with van der Waals surface area (Å²) in [7, 11) is 6.83. The molecule has 3 rings (SSSR count). The maximum atomic E-state index is 12.9. The Morgan fingerprint density at radius 2 is 1.81 bits per heavy atom. The minimum absolute atomic E-state index is 0.135. The van der Waals surface area contributed by atoms with Crippen molar-refractivity contribution in [2.24, 2.45) is 4.99 Å². The van der Waals surface area contributed by atoms with Crippen molar-refractivity contribution in [2.45, 2.75) is 0 Å². The monoisotopic (exact) mass is 383 g/mol. The Morgan fingerprint density at radius 1 is 1.07 bits per heavy atom. The van der Waals surface area contributed by atoms with E-state index < -0.39 is 0 Å². The average Bonchev–Trinajstić information content (AvgIpc) is 2.97. The van der Waals surface area contributed by atoms with Crippen molar-refractivity contribution < 1.29 is 14.3 Å². The van der Waals surface area contributed by atoms with Crippen molar-refractivity contribution in [3.63, 3.8) is 0 Å². The molecule has 0 N–H and O–H groups in total. The first kappa shape index (κ1) is 19.0. The van der Waals surface area contributed by atoms with Gasteiger partial charge in [-0.1, -0.05) is 18.2 Å². The molecule has 7 heteroatoms. The van der Waals surface area contributed by atoms with E-state index >= 15 is 0 Å². The van der Waals surface area contributed by atoms with Gasteiger partial charge in [0.1, 0.15) is 11.5 Å². The summed E-state index contributed by atoms with van der Waals surface area (Å²) >= 11 is 1.33. The van der Waals surface area contributed by atoms with Crippen molar-refractivity contribution in [1.29, 1.82) is 0 Å². The van der Waals surface area contributed by atoms with Crippen LogP contribution < -0.4 is 9.47 Å². The molecule has 1 aliphatic heterocycles. The first-order valence-electron chi connectivity index (χ1n) is 8.30. The molecule has 0 bridgehead atoms. The molecule has 0 spiro atoms. The number of amides is 1. The van der Waals surface area contributed by atoms with Gasteiger partial charge in [0.15, 0.2) is 5.17 Å². The van der Waals surface area contributed by atoms with Crippen LogP contribution in [0.1, 0.15) is 5.56 Å². The fraction of sp³-hybridized carbons (Fsp3) is 0.200. The number of para-hydroxylation sites is 1. The minimum atomic E-state index is -0.135. The summed E-state index contributed by atoms with van der Waals surface area (Å²) in [6.45, 7) is 0. The van der Waals surface area contributed by atoms with Crippen molar-refractivity contribution in [2.75, 3.05) is 28.3 Å². The highest BCUT2D eigenvalue weighted by Crippen LogP contribution is 2.36. The maximum absolute atomic E-state index is 12.9. The minimum Gasteiger partial charge on any atom is -0.497 e. The number of hydrogen-bond donors (Lipinski definition) is 0. The van der Waals surface area contributed by atoms with Gasteiger partial charge in [0.25, 0.3) is 5.91 Å². The Hall–Kier alpha value is -2.77. The van der Waals surface area contributed by atoms with Gasteiger partial charge < -0.3 is 9.47 Å². The van der Waals surface area contributed by atoms with E-state index in [2.05, 4.69) is 4.99 Å². The van der Waals surface area contributed by atoms with E-state index in [9.17, 15) is 4.79 Å². The summed E-state index contributed by atoms with van der Waals surface area (Å²) in [4.78, 5) is 18.1. The van der Waals surface area contributed by atoms with Crippen LogP contribution in [0.15, 0.2) is 58.4 Å². The molecule has 27 heavy (non-hydrogen) atoms. The van der Waals surface area contributed by atoms with Crippen molar-refractivity contribution in [1.82, 2.24) is 10.0 Å². The molecule has 0 saturated carbocycles. The molecule has 0 radical (unpaired) electrons. The molecule has 0 aromatic heterocycles. The summed E-state index contributed by atoms with van der Waals surface area (Å²) in [5, 5.41) is 3.88. The fourth-order valence-corrected chi connectivity index (χ4v) is 3.64. The zero-order valence-corrected chi connectivity index (χ0v) is 16.5. The lowest BCUT2D eigenvalue weighted by Gasteiger charge is -2.22. The predicted molar refractivity (Wildman–Crippen MR) is 109 cm³/mol. The van der Waals surface area contributed by atoms with Gasteiger partial charge in [-0.25, -0.2) is 15.0 Å². The number of thioether (sulfide) groups is 1. The van der Waals surface area contributed by atoms with E-state index in [4.69, 9.17) is 9.47 Å². The normalized spacial score (nSPS) is 17.2. The van der Waals surface area contributed by atoms with Crippen LogP contribution in [0.25, 0.3) is 6.08 Å². The van der Waals surface area contributed by atoms with Crippen LogP contribution in [-0.4, -0.2) is 49.4 Å². The molecule has 0 unspecified atom stereocenters. The summed E-state index contributed by atoms with van der Waals surface area (Å²) in [5.41, 5.74) is 1.56. The number of carbonyl (C=O) groups excluding carboxylic acids is 1. The number of hydrogen-bond acceptors (Lipinski definition) is 6. The van der Waals surface area contributed by atoms with Crippen molar-refractivity contribution in [3.05, 3.63) is 59.0 Å². The molecule has 0 atom stereocenters. The molecular weight excluding hydrogens is 362 g/mol. The van der Waals surface area contributed by atoms with Crippen molar-refractivity contribution in [3.8, 4) is 11.5 Å². The molecule has 2 aromatic carbocycles. The lowest BCUT2D eigenvalue weighted by Crippen LogP contribution is -2.40. The average molecular weight is 383 g/mol. The highest BCUT2D eigenvalue weighted by Gasteiger charge is 2.35. The standard InChI is InChI=1S/C20H21N3O3S/c1-22(2)23-19(24)18(27-20(23)21-15-8-6-5-7-9-15)13-14-12-16(25-3)10-11-17(14)26-4/h5-13H,1-4H3. The van der Waals surface area contributed by atoms with Gasteiger partial charge in [-0.15, -0.1) is 0 Å². The number of methoxy groups -OCH3 is 2. The molecule has 2 aromatic rings. The van der Waals surface area contributed by atoms with Crippen LogP contribution in [0.2, 0.25) is 0 Å². The Bertz CT molecular complexity index is 895. The van der Waals surface area contributed by atoms with Gasteiger partial charge in [-0.3, -0.25) is 4.79 Å². The van der Waals surface area contributed by atoms with Gasteiger partial charge in [-0.2, -0.15) is 0 Å². The quantitative estimate of drug-likeness (QED) is 0.736. The lowest BCUT2D eigenvalue weighted by molar-refractivity contribution is -0.130. The Kier molecular flexibility index (Phi) is 5.83. The largest absolute Gasteiger partial charge is 0.497 e. The number of ether oxygens (including phenoxy) is 2. The number of nitrogens with zero attached hydrogens (tertiary/aromatic N) is 3. The molecule has 1 amide bonds. The highest BCUT2D eigenvalue weighted by molar-refractivity contribution is 8.18. The van der Waals surface area contributed by atoms with E-state index in [0.717, 1.165) is 11.3 Å². The summed E-state index contributed by atoms with van der Waals surface area (Å²) in [6.07, 6.45) is 1.80. The molecule has 6 nitrogen and oxygen atoms in total. The van der Waals surface area contributed by atoms with Crippen LogP contribution in [0.4, 0.5) is 5.69 Å². The number of carbonyl (C=O) groups is 1. The van der Waals surface area contributed by atoms with E-state index in [1.54, 1.807) is 30.3 Å². The summed E-state index contributed by atoms with van der Waals surface area (Å²) in [5.74, 6) is 1.23. The zero-order valence-electron chi connectivity index (χ0n) is 15.7. The number of rotatable bonds is 5. The summed E-state index contributed by atoms with van der Waals surface area (Å²) < 4.78 is 10.7. The van der Waals surface area contributed by atoms with E-state index in [1.165, 1.54) is 11.8 Å². The van der Waals surface area contributed by atoms with E-state index in [0.29, 0.717) is 21.6 Å². The molecule has 1 heterocycles. The highest BCUT2D eigenvalue weighted by atomic mass is 32.2. The number of aliphatic imine (C=N–C) groups is 1. The van der Waals surface area contributed by atoms with E-state index in [-0.39, 0.29) is 5.91 Å². The van der Waals surface area contributed by atoms with Crippen LogP contribution in [-0.2, 0) is 4.79 Å². The third kappa shape index (κ3) is 4.15. The van der Waals surface area contributed by atoms with E-state index in [1.807, 2.05) is 62.6 Å². The molecule has 0 aliphatic carbocycles. The Labute approximate surface area is 163 Å². The first-order chi connectivity index (χ1) is 13.0. The SMILES string of the molecule is COc1ccc(OC)c(C=C2SC(=Nc3ccccc3)N(N(C)C)C2=O)c1. The van der Waals surface area contributed by atoms with Gasteiger partial charge >= 0.3 is 0 Å². The second-order valence-electron chi connectivity index (χ2n) is 5.91. The summed E-state index contributed by atoms with van der Waals surface area (Å²) in [6, 6.07) is 15.0. The fourth-order valence-electron chi connectivity index (χ4n) is 2.60. The van der Waals surface area contributed by atoms with Crippen LogP contribution in [0.3, 0.4) is 0 Å². The third-order valence-electron chi connectivity index (χ3n) is 3.89. The number of benzene rings is 2. The third-order valence-corrected chi connectivity index (χ3v) is 4.85. The zero-order chi connectivity index (χ0) is 19.4. The topological polar surface area (TPSA) is 54.4 Å². The van der Waals surface area contributed by atoms with Crippen molar-refractivity contribution >= 4 is 34.6 Å². The number of hydrazine groups is 1. The van der Waals surface area contributed by atoms with Crippen LogP contribution in [0, 0.1) is 0 Å². The van der Waals surface area contributed by atoms with Gasteiger partial charge in [0, 0.05) is 19.7 Å². The second-order valence-corrected chi connectivity index (χ2v) is 6.92. The second kappa shape index (κ2) is 8.28. The molecular formula is C20H21N3O3S. The smallest absolute Gasteiger partial charge is 0.281 e.